The minimum Gasteiger partial charge on any atom is -0.497 e. The average molecular weight is 437 g/mol. The van der Waals surface area contributed by atoms with Crippen LogP contribution in [0.25, 0.3) is 11.0 Å². The maximum Gasteiger partial charge on any atom is 0.310 e. The molecule has 0 aliphatic carbocycles. The van der Waals surface area contributed by atoms with Gasteiger partial charge in [-0.05, 0) is 41.1 Å². The van der Waals surface area contributed by atoms with E-state index in [2.05, 4.69) is 15.9 Å². The molecule has 0 bridgehead atoms. The summed E-state index contributed by atoms with van der Waals surface area (Å²) in [6, 6.07) is 8.31. The highest BCUT2D eigenvalue weighted by molar-refractivity contribution is 9.10. The normalized spacial score (nSPS) is 10.8. The van der Waals surface area contributed by atoms with Crippen molar-refractivity contribution in [1.29, 1.82) is 0 Å². The van der Waals surface area contributed by atoms with Gasteiger partial charge in [0.2, 0.25) is 0 Å². The van der Waals surface area contributed by atoms with Crippen LogP contribution in [0.2, 0.25) is 0 Å². The van der Waals surface area contributed by atoms with Crippen LogP contribution in [0.4, 0.5) is 4.39 Å². The standard InChI is InChI=1S/C20H18BrFO5/c1-3-25-18(23)9-12-4-5-14(24-2)10-17(12)27-11-13-8-16(21)20-15(19(13)22)6-7-26-20/h4-8,10H,3,9,11H2,1-2H3. The number of carbonyl (C=O) groups excluding carboxylic acids is 1. The first-order chi connectivity index (χ1) is 13.0. The van der Waals surface area contributed by atoms with E-state index in [0.29, 0.717) is 44.7 Å². The Morgan fingerprint density at radius 3 is 2.78 bits per heavy atom. The van der Waals surface area contributed by atoms with E-state index in [1.54, 1.807) is 37.3 Å². The third kappa shape index (κ3) is 4.24. The van der Waals surface area contributed by atoms with E-state index in [9.17, 15) is 9.18 Å². The van der Waals surface area contributed by atoms with Gasteiger partial charge in [0.25, 0.3) is 0 Å². The van der Waals surface area contributed by atoms with Crippen molar-refractivity contribution in [3.63, 3.8) is 0 Å². The lowest BCUT2D eigenvalue weighted by Crippen LogP contribution is -2.09. The maximum absolute atomic E-state index is 14.7. The first-order valence-corrected chi connectivity index (χ1v) is 9.12. The first-order valence-electron chi connectivity index (χ1n) is 8.33. The van der Waals surface area contributed by atoms with Crippen molar-refractivity contribution < 1.29 is 27.8 Å². The zero-order chi connectivity index (χ0) is 19.4. The van der Waals surface area contributed by atoms with Crippen LogP contribution in [-0.4, -0.2) is 19.7 Å². The van der Waals surface area contributed by atoms with Gasteiger partial charge in [-0.1, -0.05) is 6.07 Å². The topological polar surface area (TPSA) is 57.9 Å². The van der Waals surface area contributed by atoms with Crippen LogP contribution in [0.15, 0.2) is 45.5 Å². The van der Waals surface area contributed by atoms with Gasteiger partial charge >= 0.3 is 5.97 Å². The van der Waals surface area contributed by atoms with Gasteiger partial charge in [-0.25, -0.2) is 4.39 Å². The van der Waals surface area contributed by atoms with E-state index in [0.717, 1.165) is 0 Å². The molecule has 27 heavy (non-hydrogen) atoms. The number of hydrogen-bond acceptors (Lipinski definition) is 5. The Labute approximate surface area is 164 Å². The molecule has 3 aromatic rings. The van der Waals surface area contributed by atoms with Crippen LogP contribution in [0.1, 0.15) is 18.1 Å². The number of benzene rings is 2. The van der Waals surface area contributed by atoms with E-state index in [1.807, 2.05) is 0 Å². The first kappa shape index (κ1) is 19.2. The second-order valence-electron chi connectivity index (χ2n) is 5.74. The van der Waals surface area contributed by atoms with Gasteiger partial charge in [-0.3, -0.25) is 4.79 Å². The number of hydrogen-bond donors (Lipinski definition) is 0. The number of halogens is 2. The third-order valence-corrected chi connectivity index (χ3v) is 4.59. The molecular weight excluding hydrogens is 419 g/mol. The molecule has 0 radical (unpaired) electrons. The Morgan fingerprint density at radius 2 is 2.04 bits per heavy atom. The molecule has 0 fully saturated rings. The van der Waals surface area contributed by atoms with Gasteiger partial charge in [0.05, 0.1) is 36.3 Å². The molecule has 3 rings (SSSR count). The molecule has 0 atom stereocenters. The van der Waals surface area contributed by atoms with E-state index in [-0.39, 0.29) is 19.0 Å². The van der Waals surface area contributed by atoms with E-state index in [4.69, 9.17) is 18.6 Å². The summed E-state index contributed by atoms with van der Waals surface area (Å²) in [4.78, 5) is 11.8. The minimum atomic E-state index is -0.406. The van der Waals surface area contributed by atoms with Crippen molar-refractivity contribution >= 4 is 32.9 Å². The van der Waals surface area contributed by atoms with Crippen molar-refractivity contribution in [2.75, 3.05) is 13.7 Å². The lowest BCUT2D eigenvalue weighted by molar-refractivity contribution is -0.142. The molecule has 1 heterocycles. The van der Waals surface area contributed by atoms with Gasteiger partial charge in [0, 0.05) is 17.2 Å². The fourth-order valence-corrected chi connectivity index (χ4v) is 3.28. The predicted octanol–water partition coefficient (Wildman–Crippen LogP) is 5.03. The average Bonchev–Trinajstić information content (AvgIpc) is 3.15. The van der Waals surface area contributed by atoms with Crippen LogP contribution in [0.3, 0.4) is 0 Å². The Kier molecular flexibility index (Phi) is 6.01. The Bertz CT molecular complexity index is 966. The van der Waals surface area contributed by atoms with Crippen LogP contribution in [0, 0.1) is 5.82 Å². The molecule has 0 amide bonds. The Balaban J connectivity index is 1.86. The zero-order valence-electron chi connectivity index (χ0n) is 14.9. The van der Waals surface area contributed by atoms with Gasteiger partial charge < -0.3 is 18.6 Å². The van der Waals surface area contributed by atoms with Crippen LogP contribution < -0.4 is 9.47 Å². The Hall–Kier alpha value is -2.54. The highest BCUT2D eigenvalue weighted by Gasteiger charge is 2.16. The van der Waals surface area contributed by atoms with Gasteiger partial charge in [-0.15, -0.1) is 0 Å². The van der Waals surface area contributed by atoms with Crippen molar-refractivity contribution in [2.24, 2.45) is 0 Å². The fourth-order valence-electron chi connectivity index (χ4n) is 2.69. The summed E-state index contributed by atoms with van der Waals surface area (Å²) < 4.78 is 36.6. The van der Waals surface area contributed by atoms with Crippen molar-refractivity contribution in [1.82, 2.24) is 0 Å². The van der Waals surface area contributed by atoms with Crippen LogP contribution in [0.5, 0.6) is 11.5 Å². The minimum absolute atomic E-state index is 0.0193. The number of ether oxygens (including phenoxy) is 3. The summed E-state index contributed by atoms with van der Waals surface area (Å²) in [7, 11) is 1.54. The van der Waals surface area contributed by atoms with Crippen molar-refractivity contribution in [3.05, 3.63) is 58.0 Å². The molecule has 7 heteroatoms. The van der Waals surface area contributed by atoms with Crippen LogP contribution in [-0.2, 0) is 22.6 Å². The fraction of sp³-hybridized carbons (Fsp3) is 0.250. The van der Waals surface area contributed by atoms with Gasteiger partial charge in [-0.2, -0.15) is 0 Å². The molecule has 2 aromatic carbocycles. The van der Waals surface area contributed by atoms with Crippen molar-refractivity contribution in [2.45, 2.75) is 20.0 Å². The lowest BCUT2D eigenvalue weighted by atomic mass is 10.1. The molecule has 0 saturated carbocycles. The molecule has 0 aliphatic heterocycles. The number of carbonyl (C=O) groups is 1. The molecule has 0 unspecified atom stereocenters. The second kappa shape index (κ2) is 8.43. The van der Waals surface area contributed by atoms with Crippen molar-refractivity contribution in [3.8, 4) is 11.5 Å². The zero-order valence-corrected chi connectivity index (χ0v) is 16.5. The second-order valence-corrected chi connectivity index (χ2v) is 6.59. The number of rotatable bonds is 7. The summed E-state index contributed by atoms with van der Waals surface area (Å²) in [6.45, 7) is 2.03. The quantitative estimate of drug-likeness (QED) is 0.486. The third-order valence-electron chi connectivity index (χ3n) is 4.00. The molecule has 0 aliphatic rings. The summed E-state index contributed by atoms with van der Waals surface area (Å²) in [6.07, 6.45) is 1.49. The molecule has 0 N–H and O–H groups in total. The maximum atomic E-state index is 14.7. The number of furan rings is 1. The number of esters is 1. The molecule has 1 aromatic heterocycles. The highest BCUT2D eigenvalue weighted by Crippen LogP contribution is 2.32. The smallest absolute Gasteiger partial charge is 0.310 e. The van der Waals surface area contributed by atoms with Gasteiger partial charge in [0.1, 0.15) is 23.9 Å². The SMILES string of the molecule is CCOC(=O)Cc1ccc(OC)cc1OCc1cc(Br)c2occc2c1F. The van der Waals surface area contributed by atoms with Crippen LogP contribution >= 0.6 is 15.9 Å². The molecular formula is C20H18BrFO5. The van der Waals surface area contributed by atoms with E-state index in [1.165, 1.54) is 13.4 Å². The Morgan fingerprint density at radius 1 is 1.22 bits per heavy atom. The summed E-state index contributed by atoms with van der Waals surface area (Å²) in [5.74, 6) is 0.243. The molecule has 0 saturated heterocycles. The van der Waals surface area contributed by atoms with E-state index >= 15 is 0 Å². The monoisotopic (exact) mass is 436 g/mol. The molecule has 5 nitrogen and oxygen atoms in total. The summed E-state index contributed by atoms with van der Waals surface area (Å²) in [5.41, 5.74) is 1.44. The largest absolute Gasteiger partial charge is 0.497 e. The summed E-state index contributed by atoms with van der Waals surface area (Å²) >= 11 is 3.38. The predicted molar refractivity (Wildman–Crippen MR) is 102 cm³/mol. The molecule has 142 valence electrons. The summed E-state index contributed by atoms with van der Waals surface area (Å²) in [5, 5.41) is 0.375. The highest BCUT2D eigenvalue weighted by atomic mass is 79.9. The number of fused-ring (bicyclic) bond motifs is 1. The lowest BCUT2D eigenvalue weighted by Gasteiger charge is -2.14. The number of methoxy groups -OCH3 is 1. The van der Waals surface area contributed by atoms with Gasteiger partial charge in [0.15, 0.2) is 5.58 Å². The molecule has 0 spiro atoms. The van der Waals surface area contributed by atoms with E-state index < -0.39 is 5.82 Å².